The van der Waals surface area contributed by atoms with Crippen LogP contribution >= 0.6 is 11.3 Å². The molecular formula is C12H13NO2S. The lowest BCUT2D eigenvalue weighted by Crippen LogP contribution is -2.41. The summed E-state index contributed by atoms with van der Waals surface area (Å²) in [5, 5.41) is 0.613. The zero-order chi connectivity index (χ0) is 11.9. The maximum absolute atomic E-state index is 12.2. The van der Waals surface area contributed by atoms with Gasteiger partial charge in [-0.25, -0.2) is 0 Å². The minimum Gasteiger partial charge on any atom is -0.268 e. The fourth-order valence-corrected chi connectivity index (χ4v) is 2.70. The predicted octanol–water partition coefficient (Wildman–Crippen LogP) is 2.18. The molecule has 0 bridgehead atoms. The van der Waals surface area contributed by atoms with Crippen molar-refractivity contribution in [3.05, 3.63) is 44.3 Å². The van der Waals surface area contributed by atoms with Crippen molar-refractivity contribution >= 4 is 21.4 Å². The molecule has 0 saturated carbocycles. The van der Waals surface area contributed by atoms with Crippen molar-refractivity contribution in [1.82, 2.24) is 4.57 Å². The van der Waals surface area contributed by atoms with E-state index in [1.54, 1.807) is 12.1 Å². The molecule has 0 radical (unpaired) electrons. The molecule has 1 aromatic heterocycles. The molecule has 0 unspecified atom stereocenters. The number of aromatic nitrogens is 1. The summed E-state index contributed by atoms with van der Waals surface area (Å²) in [6, 6.07) is 7.21. The first-order valence-corrected chi connectivity index (χ1v) is 5.88. The van der Waals surface area contributed by atoms with Crippen LogP contribution in [0.3, 0.4) is 0 Å². The van der Waals surface area contributed by atoms with Gasteiger partial charge in [-0.05, 0) is 32.9 Å². The number of hydrogen-bond donors (Lipinski definition) is 0. The number of nitrogens with zero attached hydrogens (tertiary/aromatic N) is 1. The van der Waals surface area contributed by atoms with Gasteiger partial charge in [0.25, 0.3) is 5.56 Å². The first-order valence-electron chi connectivity index (χ1n) is 5.06. The molecule has 0 amide bonds. The lowest BCUT2D eigenvalue weighted by molar-refractivity contribution is 0.380. The average Bonchev–Trinajstić information content (AvgIpc) is 2.15. The highest BCUT2D eigenvalue weighted by molar-refractivity contribution is 7.16. The second-order valence-corrected chi connectivity index (χ2v) is 5.67. The van der Waals surface area contributed by atoms with Crippen molar-refractivity contribution in [2.45, 2.75) is 26.3 Å². The summed E-state index contributed by atoms with van der Waals surface area (Å²) in [5.74, 6) is 0. The molecule has 16 heavy (non-hydrogen) atoms. The van der Waals surface area contributed by atoms with Gasteiger partial charge in [0, 0.05) is 10.2 Å². The molecule has 0 aliphatic carbocycles. The van der Waals surface area contributed by atoms with Gasteiger partial charge in [-0.15, -0.1) is 0 Å². The van der Waals surface area contributed by atoms with Crippen molar-refractivity contribution in [2.75, 3.05) is 0 Å². The van der Waals surface area contributed by atoms with E-state index in [4.69, 9.17) is 0 Å². The van der Waals surface area contributed by atoms with E-state index in [2.05, 4.69) is 0 Å². The van der Waals surface area contributed by atoms with E-state index >= 15 is 0 Å². The Morgan fingerprint density at radius 1 is 1.12 bits per heavy atom. The van der Waals surface area contributed by atoms with Crippen molar-refractivity contribution in [1.29, 1.82) is 0 Å². The molecule has 84 valence electrons. The first kappa shape index (κ1) is 11.1. The second kappa shape index (κ2) is 3.56. The maximum atomic E-state index is 12.2. The van der Waals surface area contributed by atoms with Crippen LogP contribution in [-0.4, -0.2) is 4.57 Å². The van der Waals surface area contributed by atoms with Crippen LogP contribution in [0.25, 0.3) is 10.1 Å². The van der Waals surface area contributed by atoms with Crippen molar-refractivity contribution in [2.24, 2.45) is 0 Å². The summed E-state index contributed by atoms with van der Waals surface area (Å²) < 4.78 is 2.07. The van der Waals surface area contributed by atoms with Gasteiger partial charge in [-0.3, -0.25) is 14.2 Å². The van der Waals surface area contributed by atoms with Crippen LogP contribution in [0.1, 0.15) is 20.8 Å². The highest BCUT2D eigenvalue weighted by Gasteiger charge is 2.19. The van der Waals surface area contributed by atoms with Gasteiger partial charge in [0.15, 0.2) is 0 Å². The molecule has 0 spiro atoms. The Labute approximate surface area is 97.0 Å². The number of hydrogen-bond acceptors (Lipinski definition) is 3. The normalized spacial score (nSPS) is 11.9. The molecular weight excluding hydrogens is 222 g/mol. The number of benzene rings is 1. The topological polar surface area (TPSA) is 39.1 Å². The van der Waals surface area contributed by atoms with Gasteiger partial charge in [0.1, 0.15) is 0 Å². The SMILES string of the molecule is CC(C)(C)n1c(=O)sc2ccccc2c1=O. The lowest BCUT2D eigenvalue weighted by atomic mass is 10.1. The Kier molecular flexibility index (Phi) is 2.46. The zero-order valence-electron chi connectivity index (χ0n) is 9.48. The van der Waals surface area contributed by atoms with Crippen molar-refractivity contribution < 1.29 is 0 Å². The number of fused-ring (bicyclic) bond motifs is 1. The molecule has 1 heterocycles. The van der Waals surface area contributed by atoms with Gasteiger partial charge in [0.2, 0.25) is 0 Å². The van der Waals surface area contributed by atoms with Gasteiger partial charge in [0.05, 0.1) is 5.39 Å². The van der Waals surface area contributed by atoms with Crippen LogP contribution in [0, 0.1) is 0 Å². The van der Waals surface area contributed by atoms with Crippen LogP contribution in [0.5, 0.6) is 0 Å². The molecule has 0 aliphatic rings. The Morgan fingerprint density at radius 3 is 2.38 bits per heavy atom. The van der Waals surface area contributed by atoms with E-state index in [9.17, 15) is 9.59 Å². The highest BCUT2D eigenvalue weighted by atomic mass is 32.1. The van der Waals surface area contributed by atoms with E-state index in [1.807, 2.05) is 32.9 Å². The van der Waals surface area contributed by atoms with Gasteiger partial charge >= 0.3 is 4.87 Å². The Bertz CT molecular complexity index is 646. The van der Waals surface area contributed by atoms with Crippen LogP contribution in [-0.2, 0) is 5.54 Å². The monoisotopic (exact) mass is 235 g/mol. The summed E-state index contributed by atoms with van der Waals surface area (Å²) in [6.45, 7) is 5.58. The molecule has 0 N–H and O–H groups in total. The van der Waals surface area contributed by atoms with Crippen LogP contribution < -0.4 is 10.4 Å². The minimum atomic E-state index is -0.477. The van der Waals surface area contributed by atoms with E-state index in [0.717, 1.165) is 16.0 Å². The van der Waals surface area contributed by atoms with Crippen LogP contribution in [0.4, 0.5) is 0 Å². The van der Waals surface area contributed by atoms with E-state index in [1.165, 1.54) is 4.57 Å². The average molecular weight is 235 g/mol. The van der Waals surface area contributed by atoms with Crippen LogP contribution in [0.2, 0.25) is 0 Å². The van der Waals surface area contributed by atoms with Gasteiger partial charge in [-0.2, -0.15) is 0 Å². The molecule has 3 nitrogen and oxygen atoms in total. The van der Waals surface area contributed by atoms with Gasteiger partial charge < -0.3 is 0 Å². The maximum Gasteiger partial charge on any atom is 0.311 e. The van der Waals surface area contributed by atoms with E-state index in [0.29, 0.717) is 5.39 Å². The predicted molar refractivity (Wildman–Crippen MR) is 67.4 cm³/mol. The molecule has 4 heteroatoms. The molecule has 0 atom stereocenters. The Balaban J connectivity index is 2.99. The Morgan fingerprint density at radius 2 is 1.75 bits per heavy atom. The van der Waals surface area contributed by atoms with Crippen LogP contribution in [0.15, 0.2) is 33.9 Å². The minimum absolute atomic E-state index is 0.198. The largest absolute Gasteiger partial charge is 0.311 e. The first-order chi connectivity index (χ1) is 7.41. The smallest absolute Gasteiger partial charge is 0.268 e. The summed E-state index contributed by atoms with van der Waals surface area (Å²) >= 11 is 1.12. The zero-order valence-corrected chi connectivity index (χ0v) is 10.3. The summed E-state index contributed by atoms with van der Waals surface area (Å²) in [4.78, 5) is 23.8. The van der Waals surface area contributed by atoms with Gasteiger partial charge in [-0.1, -0.05) is 23.5 Å². The summed E-state index contributed by atoms with van der Waals surface area (Å²) in [6.07, 6.45) is 0. The fraction of sp³-hybridized carbons (Fsp3) is 0.333. The number of rotatable bonds is 0. The molecule has 0 fully saturated rings. The quantitative estimate of drug-likeness (QED) is 0.702. The fourth-order valence-electron chi connectivity index (χ4n) is 1.65. The highest BCUT2D eigenvalue weighted by Crippen LogP contribution is 2.15. The lowest BCUT2D eigenvalue weighted by Gasteiger charge is -2.20. The third kappa shape index (κ3) is 1.69. The molecule has 0 aliphatic heterocycles. The summed E-state index contributed by atoms with van der Waals surface area (Å²) in [7, 11) is 0. The van der Waals surface area contributed by atoms with Crippen molar-refractivity contribution in [3.8, 4) is 0 Å². The molecule has 0 saturated heterocycles. The Hall–Kier alpha value is -1.42. The second-order valence-electron chi connectivity index (χ2n) is 4.68. The summed E-state index contributed by atoms with van der Waals surface area (Å²) in [5.41, 5.74) is -0.679. The molecule has 1 aromatic carbocycles. The third-order valence-corrected chi connectivity index (χ3v) is 3.30. The molecule has 2 rings (SSSR count). The van der Waals surface area contributed by atoms with E-state index in [-0.39, 0.29) is 10.4 Å². The van der Waals surface area contributed by atoms with Crippen molar-refractivity contribution in [3.63, 3.8) is 0 Å². The third-order valence-electron chi connectivity index (χ3n) is 2.37. The molecule has 2 aromatic rings. The standard InChI is InChI=1S/C12H13NO2S/c1-12(2,3)13-10(14)8-6-4-5-7-9(8)16-11(13)15/h4-7H,1-3H3. The van der Waals surface area contributed by atoms with E-state index < -0.39 is 5.54 Å².